The van der Waals surface area contributed by atoms with E-state index in [-0.39, 0.29) is 0 Å². The standard InChI is InChI=1S/C14H22N2S/c1-11-8-14(10-17-11)15-13-6-4-12(5-7-13)9-16(2)3/h4-7,11,14-15H,8-10H2,1-3H3. The summed E-state index contributed by atoms with van der Waals surface area (Å²) in [6.07, 6.45) is 1.28. The summed E-state index contributed by atoms with van der Waals surface area (Å²) >= 11 is 2.07. The Kier molecular flexibility index (Phi) is 4.35. The average Bonchev–Trinajstić information content (AvgIpc) is 2.66. The fraction of sp³-hybridized carbons (Fsp3) is 0.571. The number of thioether (sulfide) groups is 1. The van der Waals surface area contributed by atoms with E-state index in [0.29, 0.717) is 6.04 Å². The van der Waals surface area contributed by atoms with Gasteiger partial charge in [-0.1, -0.05) is 19.1 Å². The zero-order valence-electron chi connectivity index (χ0n) is 10.9. The van der Waals surface area contributed by atoms with Gasteiger partial charge in [-0.25, -0.2) is 0 Å². The highest BCUT2D eigenvalue weighted by Crippen LogP contribution is 2.28. The van der Waals surface area contributed by atoms with Crippen molar-refractivity contribution in [1.29, 1.82) is 0 Å². The van der Waals surface area contributed by atoms with E-state index in [9.17, 15) is 0 Å². The van der Waals surface area contributed by atoms with Crippen molar-refractivity contribution < 1.29 is 0 Å². The van der Waals surface area contributed by atoms with Crippen LogP contribution in [0.2, 0.25) is 0 Å². The molecule has 0 aliphatic carbocycles. The summed E-state index contributed by atoms with van der Waals surface area (Å²) in [5.41, 5.74) is 2.63. The molecule has 2 rings (SSSR count). The van der Waals surface area contributed by atoms with Crippen molar-refractivity contribution in [2.45, 2.75) is 31.2 Å². The molecular weight excluding hydrogens is 228 g/mol. The van der Waals surface area contributed by atoms with Gasteiger partial charge in [-0.3, -0.25) is 0 Å². The molecule has 3 heteroatoms. The third-order valence-electron chi connectivity index (χ3n) is 3.02. The Balaban J connectivity index is 1.89. The summed E-state index contributed by atoms with van der Waals surface area (Å²) in [6.45, 7) is 3.32. The van der Waals surface area contributed by atoms with Crippen molar-refractivity contribution in [3.8, 4) is 0 Å². The first kappa shape index (κ1) is 12.8. The van der Waals surface area contributed by atoms with Crippen LogP contribution in [0.3, 0.4) is 0 Å². The first-order chi connectivity index (χ1) is 8.13. The first-order valence-corrected chi connectivity index (χ1v) is 7.30. The maximum atomic E-state index is 3.62. The second-order valence-electron chi connectivity index (χ2n) is 5.16. The van der Waals surface area contributed by atoms with Crippen LogP contribution in [-0.2, 0) is 6.54 Å². The average molecular weight is 250 g/mol. The molecule has 1 aliphatic heterocycles. The number of benzene rings is 1. The number of nitrogens with one attached hydrogen (secondary N) is 1. The van der Waals surface area contributed by atoms with E-state index in [1.54, 1.807) is 0 Å². The van der Waals surface area contributed by atoms with Gasteiger partial charge in [-0.05, 0) is 38.2 Å². The number of anilines is 1. The number of hydrogen-bond acceptors (Lipinski definition) is 3. The Hall–Kier alpha value is -0.670. The molecule has 0 saturated carbocycles. The zero-order chi connectivity index (χ0) is 12.3. The van der Waals surface area contributed by atoms with Crippen LogP contribution in [0, 0.1) is 0 Å². The topological polar surface area (TPSA) is 15.3 Å². The Morgan fingerprint density at radius 3 is 2.53 bits per heavy atom. The number of rotatable bonds is 4. The van der Waals surface area contributed by atoms with Crippen LogP contribution in [0.5, 0.6) is 0 Å². The van der Waals surface area contributed by atoms with Gasteiger partial charge in [0.05, 0.1) is 0 Å². The normalized spacial score (nSPS) is 24.2. The number of nitrogens with zero attached hydrogens (tertiary/aromatic N) is 1. The Morgan fingerprint density at radius 2 is 2.00 bits per heavy atom. The maximum Gasteiger partial charge on any atom is 0.0362 e. The van der Waals surface area contributed by atoms with Gasteiger partial charge in [-0.2, -0.15) is 11.8 Å². The molecule has 1 aromatic carbocycles. The molecule has 17 heavy (non-hydrogen) atoms. The van der Waals surface area contributed by atoms with Crippen molar-refractivity contribution in [3.63, 3.8) is 0 Å². The van der Waals surface area contributed by atoms with E-state index >= 15 is 0 Å². The van der Waals surface area contributed by atoms with Gasteiger partial charge in [0.15, 0.2) is 0 Å². The van der Waals surface area contributed by atoms with Crippen LogP contribution in [0.4, 0.5) is 5.69 Å². The molecule has 0 spiro atoms. The van der Waals surface area contributed by atoms with E-state index in [1.165, 1.54) is 23.4 Å². The Morgan fingerprint density at radius 1 is 1.29 bits per heavy atom. The molecule has 1 aromatic rings. The molecule has 2 unspecified atom stereocenters. The molecule has 1 heterocycles. The maximum absolute atomic E-state index is 3.62. The molecule has 0 bridgehead atoms. The second-order valence-corrected chi connectivity index (χ2v) is 6.63. The van der Waals surface area contributed by atoms with Crippen LogP contribution < -0.4 is 5.32 Å². The lowest BCUT2D eigenvalue weighted by Gasteiger charge is -2.14. The highest BCUT2D eigenvalue weighted by atomic mass is 32.2. The van der Waals surface area contributed by atoms with Crippen LogP contribution in [0.1, 0.15) is 18.9 Å². The molecule has 0 aromatic heterocycles. The van der Waals surface area contributed by atoms with Gasteiger partial charge in [-0.15, -0.1) is 0 Å². The van der Waals surface area contributed by atoms with Gasteiger partial charge in [0.2, 0.25) is 0 Å². The summed E-state index contributed by atoms with van der Waals surface area (Å²) in [4.78, 5) is 2.19. The van der Waals surface area contributed by atoms with Gasteiger partial charge < -0.3 is 10.2 Å². The molecule has 1 N–H and O–H groups in total. The fourth-order valence-electron chi connectivity index (χ4n) is 2.22. The summed E-state index contributed by atoms with van der Waals surface area (Å²) in [7, 11) is 4.20. The largest absolute Gasteiger partial charge is 0.381 e. The minimum absolute atomic E-state index is 0.648. The predicted molar refractivity (Wildman–Crippen MR) is 77.8 cm³/mol. The van der Waals surface area contributed by atoms with E-state index in [0.717, 1.165) is 11.8 Å². The smallest absolute Gasteiger partial charge is 0.0362 e. The summed E-state index contributed by atoms with van der Waals surface area (Å²) in [6, 6.07) is 9.48. The van der Waals surface area contributed by atoms with Crippen molar-refractivity contribution in [3.05, 3.63) is 29.8 Å². The van der Waals surface area contributed by atoms with E-state index in [1.807, 2.05) is 0 Å². The third-order valence-corrected chi connectivity index (χ3v) is 4.38. The molecule has 2 nitrogen and oxygen atoms in total. The monoisotopic (exact) mass is 250 g/mol. The van der Waals surface area contributed by atoms with E-state index < -0.39 is 0 Å². The molecule has 1 fully saturated rings. The second kappa shape index (κ2) is 5.78. The van der Waals surface area contributed by atoms with Gasteiger partial charge in [0, 0.05) is 29.3 Å². The molecule has 1 saturated heterocycles. The minimum Gasteiger partial charge on any atom is -0.381 e. The molecule has 1 aliphatic rings. The summed E-state index contributed by atoms with van der Waals surface area (Å²) in [5, 5.41) is 4.42. The lowest BCUT2D eigenvalue weighted by Crippen LogP contribution is -2.18. The molecule has 0 amide bonds. The van der Waals surface area contributed by atoms with Crippen molar-refractivity contribution in [2.24, 2.45) is 0 Å². The van der Waals surface area contributed by atoms with Crippen molar-refractivity contribution in [1.82, 2.24) is 4.90 Å². The fourth-order valence-corrected chi connectivity index (χ4v) is 3.37. The SMILES string of the molecule is CC1CC(Nc2ccc(CN(C)C)cc2)CS1. The van der Waals surface area contributed by atoms with Crippen LogP contribution in [0.25, 0.3) is 0 Å². The lowest BCUT2D eigenvalue weighted by atomic mass is 10.1. The van der Waals surface area contributed by atoms with Crippen LogP contribution >= 0.6 is 11.8 Å². The first-order valence-electron chi connectivity index (χ1n) is 6.25. The summed E-state index contributed by atoms with van der Waals surface area (Å²) in [5.74, 6) is 1.24. The van der Waals surface area contributed by atoms with E-state index in [2.05, 4.69) is 67.3 Å². The van der Waals surface area contributed by atoms with Crippen LogP contribution in [-0.4, -0.2) is 36.0 Å². The quantitative estimate of drug-likeness (QED) is 0.884. The third kappa shape index (κ3) is 3.93. The van der Waals surface area contributed by atoms with Gasteiger partial charge in [0.25, 0.3) is 0 Å². The van der Waals surface area contributed by atoms with E-state index in [4.69, 9.17) is 0 Å². The predicted octanol–water partition coefficient (Wildman–Crippen LogP) is 3.05. The molecule has 94 valence electrons. The molecule has 2 atom stereocenters. The van der Waals surface area contributed by atoms with Crippen molar-refractivity contribution >= 4 is 17.4 Å². The van der Waals surface area contributed by atoms with Gasteiger partial charge in [0.1, 0.15) is 0 Å². The minimum atomic E-state index is 0.648. The highest BCUT2D eigenvalue weighted by molar-refractivity contribution is 8.00. The Bertz CT molecular complexity index is 348. The Labute approximate surface area is 109 Å². The molecular formula is C14H22N2S. The molecule has 0 radical (unpaired) electrons. The highest BCUT2D eigenvalue weighted by Gasteiger charge is 2.21. The van der Waals surface area contributed by atoms with Crippen molar-refractivity contribution in [2.75, 3.05) is 25.2 Å². The van der Waals surface area contributed by atoms with Crippen LogP contribution in [0.15, 0.2) is 24.3 Å². The zero-order valence-corrected chi connectivity index (χ0v) is 11.8. The number of hydrogen-bond donors (Lipinski definition) is 1. The summed E-state index contributed by atoms with van der Waals surface area (Å²) < 4.78 is 0. The van der Waals surface area contributed by atoms with Gasteiger partial charge >= 0.3 is 0 Å². The lowest BCUT2D eigenvalue weighted by molar-refractivity contribution is 0.402.